The number of carbonyl (C=O) groups is 3. The first-order chi connectivity index (χ1) is 12.2. The van der Waals surface area contributed by atoms with Crippen LogP contribution in [0.4, 0.5) is 0 Å². The molecule has 0 aromatic carbocycles. The van der Waals surface area contributed by atoms with Crippen molar-refractivity contribution in [2.45, 2.75) is 43.1 Å². The number of amides is 3. The van der Waals surface area contributed by atoms with Crippen LogP contribution in [-0.2, 0) is 24.2 Å². The fraction of sp³-hybridized carbons (Fsp3) is 0.722. The van der Waals surface area contributed by atoms with Gasteiger partial charge in [0.05, 0.1) is 17.1 Å². The summed E-state index contributed by atoms with van der Waals surface area (Å²) < 4.78 is 23.3. The van der Waals surface area contributed by atoms with E-state index in [4.69, 9.17) is 0 Å². The zero-order valence-electron chi connectivity index (χ0n) is 15.0. The Bertz CT molecular complexity index is 781. The van der Waals surface area contributed by atoms with E-state index in [-0.39, 0.29) is 48.6 Å². The first kappa shape index (κ1) is 17.7. The van der Waals surface area contributed by atoms with E-state index in [2.05, 4.69) is 5.32 Å². The molecule has 2 saturated carbocycles. The van der Waals surface area contributed by atoms with Gasteiger partial charge in [-0.3, -0.25) is 19.3 Å². The molecule has 1 saturated heterocycles. The van der Waals surface area contributed by atoms with Crippen LogP contribution in [0.3, 0.4) is 0 Å². The van der Waals surface area contributed by atoms with Gasteiger partial charge in [0, 0.05) is 13.1 Å². The van der Waals surface area contributed by atoms with Crippen LogP contribution in [0.5, 0.6) is 0 Å². The summed E-state index contributed by atoms with van der Waals surface area (Å²) in [7, 11) is -3.52. The van der Waals surface area contributed by atoms with Crippen molar-refractivity contribution in [2.24, 2.45) is 23.7 Å². The minimum absolute atomic E-state index is 0.0716. The predicted molar refractivity (Wildman–Crippen MR) is 93.5 cm³/mol. The number of fused-ring (bicyclic) bond motifs is 5. The number of imide groups is 1. The molecule has 1 aliphatic heterocycles. The van der Waals surface area contributed by atoms with Crippen LogP contribution < -0.4 is 5.32 Å². The molecule has 3 aliphatic carbocycles. The molecule has 26 heavy (non-hydrogen) atoms. The largest absolute Gasteiger partial charge is 0.353 e. The molecule has 2 bridgehead atoms. The smallest absolute Gasteiger partial charge is 0.240 e. The summed E-state index contributed by atoms with van der Waals surface area (Å²) >= 11 is 0. The summed E-state index contributed by atoms with van der Waals surface area (Å²) in [6.45, 7) is 2.99. The third-order valence-electron chi connectivity index (χ3n) is 6.40. The average Bonchev–Trinajstić information content (AvgIpc) is 3.19. The lowest BCUT2D eigenvalue weighted by Crippen LogP contribution is -2.51. The molecular weight excluding hydrogens is 356 g/mol. The molecule has 0 aromatic heterocycles. The van der Waals surface area contributed by atoms with E-state index in [0.717, 1.165) is 6.42 Å². The molecule has 4 rings (SSSR count). The highest BCUT2D eigenvalue weighted by atomic mass is 32.2. The highest BCUT2D eigenvalue weighted by Crippen LogP contribution is 2.52. The Kier molecular flexibility index (Phi) is 3.84. The van der Waals surface area contributed by atoms with Crippen molar-refractivity contribution in [3.8, 4) is 0 Å². The summed E-state index contributed by atoms with van der Waals surface area (Å²) in [6.07, 6.45) is 6.16. The van der Waals surface area contributed by atoms with E-state index < -0.39 is 25.7 Å². The van der Waals surface area contributed by atoms with Crippen molar-refractivity contribution in [2.75, 3.05) is 13.1 Å². The topological polar surface area (TPSA) is 101 Å². The Hall–Kier alpha value is -1.70. The van der Waals surface area contributed by atoms with Crippen LogP contribution >= 0.6 is 0 Å². The number of hydrogen-bond donors (Lipinski definition) is 1. The summed E-state index contributed by atoms with van der Waals surface area (Å²) in [4.78, 5) is 38.8. The number of carbonyl (C=O) groups excluding carboxylic acids is 3. The van der Waals surface area contributed by atoms with Crippen molar-refractivity contribution in [3.63, 3.8) is 0 Å². The normalized spacial score (nSPS) is 33.1. The van der Waals surface area contributed by atoms with Gasteiger partial charge in [-0.15, -0.1) is 0 Å². The fourth-order valence-electron chi connectivity index (χ4n) is 4.60. The second kappa shape index (κ2) is 5.65. The Morgan fingerprint density at radius 3 is 2.19 bits per heavy atom. The van der Waals surface area contributed by atoms with E-state index in [1.54, 1.807) is 0 Å². The Labute approximate surface area is 153 Å². The van der Waals surface area contributed by atoms with Gasteiger partial charge < -0.3 is 5.32 Å². The van der Waals surface area contributed by atoms with Crippen molar-refractivity contribution in [1.29, 1.82) is 0 Å². The molecule has 1 N–H and O–H groups in total. The maximum absolute atomic E-state index is 12.6. The van der Waals surface area contributed by atoms with Crippen molar-refractivity contribution in [1.82, 2.24) is 10.2 Å². The number of likely N-dealkylation sites (tertiary alicyclic amines) is 1. The highest BCUT2D eigenvalue weighted by Gasteiger charge is 2.59. The summed E-state index contributed by atoms with van der Waals surface area (Å²) in [5.74, 6) is -1.08. The summed E-state index contributed by atoms with van der Waals surface area (Å²) in [6, 6.07) is 0. The fourth-order valence-corrected chi connectivity index (χ4v) is 6.52. The molecule has 4 unspecified atom stereocenters. The van der Waals surface area contributed by atoms with Crippen molar-refractivity contribution in [3.05, 3.63) is 12.2 Å². The molecule has 8 heteroatoms. The van der Waals surface area contributed by atoms with Crippen molar-refractivity contribution >= 4 is 27.6 Å². The van der Waals surface area contributed by atoms with Gasteiger partial charge >= 0.3 is 0 Å². The Morgan fingerprint density at radius 1 is 1.15 bits per heavy atom. The third-order valence-corrected chi connectivity index (χ3v) is 9.36. The summed E-state index contributed by atoms with van der Waals surface area (Å²) in [5, 5.41) is 2.18. The number of nitrogens with one attached hydrogen (secondary N) is 1. The van der Waals surface area contributed by atoms with Crippen LogP contribution in [0.15, 0.2) is 12.2 Å². The monoisotopic (exact) mass is 380 g/mol. The van der Waals surface area contributed by atoms with Gasteiger partial charge in [0.15, 0.2) is 9.84 Å². The molecule has 3 amide bonds. The second-order valence-electron chi connectivity index (χ2n) is 8.34. The predicted octanol–water partition coefficient (Wildman–Crippen LogP) is 0.266. The molecule has 0 aromatic rings. The Morgan fingerprint density at radius 2 is 1.69 bits per heavy atom. The molecule has 4 atom stereocenters. The number of nitrogens with zero attached hydrogens (tertiary/aromatic N) is 1. The first-order valence-electron chi connectivity index (χ1n) is 9.21. The van der Waals surface area contributed by atoms with Gasteiger partial charge in [-0.05, 0) is 44.9 Å². The van der Waals surface area contributed by atoms with E-state index in [9.17, 15) is 22.8 Å². The van der Waals surface area contributed by atoms with Crippen molar-refractivity contribution < 1.29 is 22.8 Å². The minimum atomic E-state index is -3.52. The van der Waals surface area contributed by atoms with Crippen LogP contribution in [0, 0.1) is 23.7 Å². The molecule has 4 aliphatic rings. The second-order valence-corrected chi connectivity index (χ2v) is 11.1. The molecule has 3 fully saturated rings. The number of sulfone groups is 1. The Balaban J connectivity index is 1.36. The van der Waals surface area contributed by atoms with Gasteiger partial charge in [-0.2, -0.15) is 0 Å². The van der Waals surface area contributed by atoms with E-state index in [1.165, 1.54) is 18.7 Å². The maximum Gasteiger partial charge on any atom is 0.240 e. The number of rotatable bonds is 6. The van der Waals surface area contributed by atoms with E-state index in [0.29, 0.717) is 12.8 Å². The lowest BCUT2D eigenvalue weighted by molar-refractivity contribution is -0.141. The average molecular weight is 380 g/mol. The molecule has 7 nitrogen and oxygen atoms in total. The minimum Gasteiger partial charge on any atom is -0.353 e. The van der Waals surface area contributed by atoms with E-state index in [1.807, 2.05) is 12.2 Å². The van der Waals surface area contributed by atoms with Crippen LogP contribution in [0.2, 0.25) is 0 Å². The molecule has 1 heterocycles. The molecule has 0 spiro atoms. The van der Waals surface area contributed by atoms with Gasteiger partial charge in [0.1, 0.15) is 4.75 Å². The SMILES string of the molecule is CC(C)(C(=O)NCCN1C(=O)C2C3C=CC(C3)C2C1=O)S(=O)(=O)C1CC1. The number of hydrogen-bond acceptors (Lipinski definition) is 5. The van der Waals surface area contributed by atoms with Gasteiger partial charge in [-0.25, -0.2) is 8.42 Å². The quantitative estimate of drug-likeness (QED) is 0.526. The van der Waals surface area contributed by atoms with Crippen LogP contribution in [0.25, 0.3) is 0 Å². The molecule has 0 radical (unpaired) electrons. The lowest BCUT2D eigenvalue weighted by Gasteiger charge is -2.24. The van der Waals surface area contributed by atoms with E-state index >= 15 is 0 Å². The van der Waals surface area contributed by atoms with Crippen LogP contribution in [-0.4, -0.2) is 54.1 Å². The molecule has 142 valence electrons. The maximum atomic E-state index is 12.6. The van der Waals surface area contributed by atoms with Gasteiger partial charge in [0.2, 0.25) is 17.7 Å². The number of allylic oxidation sites excluding steroid dienone is 2. The lowest BCUT2D eigenvalue weighted by atomic mass is 9.85. The zero-order valence-corrected chi connectivity index (χ0v) is 15.8. The summed E-state index contributed by atoms with van der Waals surface area (Å²) in [5.41, 5.74) is 0. The van der Waals surface area contributed by atoms with Gasteiger partial charge in [0.25, 0.3) is 0 Å². The zero-order chi connectivity index (χ0) is 18.9. The molecular formula is C18H24N2O5S. The first-order valence-corrected chi connectivity index (χ1v) is 10.8. The van der Waals surface area contributed by atoms with Gasteiger partial charge in [-0.1, -0.05) is 12.2 Å². The third kappa shape index (κ3) is 2.37. The van der Waals surface area contributed by atoms with Crippen LogP contribution in [0.1, 0.15) is 33.1 Å². The highest BCUT2D eigenvalue weighted by molar-refractivity contribution is 7.94. The standard InChI is InChI=1S/C18H24N2O5S/c1-18(2,26(24,25)12-5-6-12)17(23)19-7-8-20-15(21)13-10-3-4-11(9-10)14(13)16(20)22/h3-4,10-14H,5-9H2,1-2H3,(H,19,23).